The highest BCUT2D eigenvalue weighted by molar-refractivity contribution is 6.31. The van der Waals surface area contributed by atoms with Gasteiger partial charge in [0.1, 0.15) is 17.2 Å². The van der Waals surface area contributed by atoms with E-state index >= 15 is 4.39 Å². The molecule has 11 nitrogen and oxygen atoms in total. The second kappa shape index (κ2) is 12.5. The zero-order valence-corrected chi connectivity index (χ0v) is 25.6. The summed E-state index contributed by atoms with van der Waals surface area (Å²) >= 11 is 6.16. The average molecular weight is 637 g/mol. The van der Waals surface area contributed by atoms with Gasteiger partial charge in [-0.1, -0.05) is 17.7 Å². The normalized spacial score (nSPS) is 15.5. The van der Waals surface area contributed by atoms with Gasteiger partial charge in [-0.3, -0.25) is 24.0 Å². The lowest BCUT2D eigenvalue weighted by molar-refractivity contribution is 0.0695. The van der Waals surface area contributed by atoms with Crippen molar-refractivity contribution >= 4 is 45.7 Å². The van der Waals surface area contributed by atoms with Crippen molar-refractivity contribution in [2.45, 2.75) is 45.2 Å². The number of hydrogen-bond acceptors (Lipinski definition) is 7. The predicted molar refractivity (Wildman–Crippen MR) is 172 cm³/mol. The van der Waals surface area contributed by atoms with Crippen molar-refractivity contribution in [3.63, 3.8) is 0 Å². The van der Waals surface area contributed by atoms with Crippen molar-refractivity contribution < 1.29 is 14.3 Å². The molecule has 2 aromatic carbocycles. The maximum Gasteiger partial charge on any atom is 0.341 e. The number of carbonyl (C=O) groups is 1. The van der Waals surface area contributed by atoms with Crippen molar-refractivity contribution in [3.8, 4) is 0 Å². The summed E-state index contributed by atoms with van der Waals surface area (Å²) in [5.41, 5.74) is 0.650. The van der Waals surface area contributed by atoms with Gasteiger partial charge in [0.05, 0.1) is 11.2 Å². The van der Waals surface area contributed by atoms with Crippen LogP contribution in [-0.2, 0) is 6.54 Å². The van der Waals surface area contributed by atoms with Gasteiger partial charge in [0, 0.05) is 67.1 Å². The van der Waals surface area contributed by atoms with Gasteiger partial charge in [-0.05, 0) is 69.0 Å². The molecule has 13 heteroatoms. The summed E-state index contributed by atoms with van der Waals surface area (Å²) in [6.07, 6.45) is 4.58. The molecular weight excluding hydrogens is 603 g/mol. The Kier molecular flexibility index (Phi) is 8.52. The highest BCUT2D eigenvalue weighted by Gasteiger charge is 2.28. The molecule has 4 aromatic rings. The molecule has 1 saturated heterocycles. The van der Waals surface area contributed by atoms with Crippen LogP contribution in [0.4, 0.5) is 21.6 Å². The molecule has 3 heterocycles. The molecule has 0 amide bonds. The molecule has 1 saturated carbocycles. The number of aryl methyl sites for hydroxylation is 1. The van der Waals surface area contributed by atoms with Crippen molar-refractivity contribution in [3.05, 3.63) is 95.6 Å². The zero-order valence-electron chi connectivity index (χ0n) is 24.8. The summed E-state index contributed by atoms with van der Waals surface area (Å²) in [5.74, 6) is -1.56. The van der Waals surface area contributed by atoms with E-state index in [1.54, 1.807) is 16.7 Å². The Morgan fingerprint density at radius 3 is 2.44 bits per heavy atom. The number of hydrogen-bond donors (Lipinski definition) is 3. The number of benzene rings is 2. The van der Waals surface area contributed by atoms with E-state index in [0.29, 0.717) is 66.9 Å². The number of anilines is 3. The molecule has 1 aliphatic carbocycles. The predicted octanol–water partition coefficient (Wildman–Crippen LogP) is 4.33. The zero-order chi connectivity index (χ0) is 31.8. The molecule has 236 valence electrons. The smallest absolute Gasteiger partial charge is 0.341 e. The minimum atomic E-state index is -1.31. The summed E-state index contributed by atoms with van der Waals surface area (Å²) < 4.78 is 18.3. The van der Waals surface area contributed by atoms with Crippen molar-refractivity contribution in [1.29, 1.82) is 0 Å². The minimum Gasteiger partial charge on any atom is -0.477 e. The standard InChI is InChI=1S/C32H34ClFN6O5/c1-19-4-5-20(14-24(19)33)35-28-17-29(41)39(32(45)36-28)9-3-2-8-37-10-12-38(13-11-37)27-16-26-22(15-25(27)34)30(42)23(31(43)44)18-40(26)21-6-7-21/h4-5,14-18,21,35H,2-3,6-13H2,1H3,(H,36,45)(H,43,44). The Morgan fingerprint density at radius 2 is 1.78 bits per heavy atom. The maximum atomic E-state index is 15.3. The van der Waals surface area contributed by atoms with Crippen molar-refractivity contribution in [1.82, 2.24) is 19.0 Å². The van der Waals surface area contributed by atoms with E-state index in [4.69, 9.17) is 11.6 Å². The number of halogens is 2. The summed E-state index contributed by atoms with van der Waals surface area (Å²) in [6, 6.07) is 9.71. The van der Waals surface area contributed by atoms with E-state index in [1.807, 2.05) is 24.0 Å². The van der Waals surface area contributed by atoms with Crippen LogP contribution in [0, 0.1) is 12.7 Å². The van der Waals surface area contributed by atoms with E-state index < -0.39 is 28.5 Å². The van der Waals surface area contributed by atoms with Crippen molar-refractivity contribution in [2.75, 3.05) is 42.9 Å². The van der Waals surface area contributed by atoms with E-state index in [0.717, 1.165) is 31.4 Å². The van der Waals surface area contributed by atoms with Crippen LogP contribution >= 0.6 is 11.6 Å². The van der Waals surface area contributed by atoms with Crippen LogP contribution in [0.3, 0.4) is 0 Å². The average Bonchev–Trinajstić information content (AvgIpc) is 3.84. The van der Waals surface area contributed by atoms with Gasteiger partial charge in [-0.25, -0.2) is 14.0 Å². The molecule has 3 N–H and O–H groups in total. The maximum absolute atomic E-state index is 15.3. The van der Waals surface area contributed by atoms with E-state index in [1.165, 1.54) is 22.9 Å². The number of aromatic carboxylic acids is 1. The third kappa shape index (κ3) is 6.52. The van der Waals surface area contributed by atoms with Gasteiger partial charge < -0.3 is 19.9 Å². The monoisotopic (exact) mass is 636 g/mol. The second-order valence-electron chi connectivity index (χ2n) is 11.7. The Labute approximate surface area is 262 Å². The fourth-order valence-electron chi connectivity index (χ4n) is 5.85. The van der Waals surface area contributed by atoms with Crippen LogP contribution < -0.4 is 26.9 Å². The first-order valence-electron chi connectivity index (χ1n) is 15.1. The van der Waals surface area contributed by atoms with E-state index in [-0.39, 0.29) is 17.0 Å². The Morgan fingerprint density at radius 1 is 1.04 bits per heavy atom. The number of carboxylic acid groups (broad SMARTS) is 1. The van der Waals surface area contributed by atoms with Gasteiger partial charge >= 0.3 is 11.7 Å². The summed E-state index contributed by atoms with van der Waals surface area (Å²) in [4.78, 5) is 56.6. The molecule has 0 radical (unpaired) electrons. The largest absolute Gasteiger partial charge is 0.477 e. The number of piperazine rings is 1. The van der Waals surface area contributed by atoms with E-state index in [9.17, 15) is 24.3 Å². The first-order valence-corrected chi connectivity index (χ1v) is 15.4. The fourth-order valence-corrected chi connectivity index (χ4v) is 6.03. The van der Waals surface area contributed by atoms with Crippen LogP contribution in [0.1, 0.15) is 47.6 Å². The lowest BCUT2D eigenvalue weighted by Gasteiger charge is -2.36. The number of carboxylic acids is 1. The number of nitrogens with zero attached hydrogens (tertiary/aromatic N) is 4. The Bertz CT molecular complexity index is 1930. The molecule has 2 aromatic heterocycles. The van der Waals surface area contributed by atoms with Gasteiger partial charge in [0.25, 0.3) is 5.56 Å². The van der Waals surface area contributed by atoms with Crippen LogP contribution in [-0.4, -0.2) is 62.8 Å². The molecule has 2 aliphatic rings. The third-order valence-electron chi connectivity index (χ3n) is 8.56. The number of unbranched alkanes of at least 4 members (excludes halogenated alkanes) is 1. The lowest BCUT2D eigenvalue weighted by atomic mass is 10.1. The van der Waals surface area contributed by atoms with Crippen molar-refractivity contribution in [2.24, 2.45) is 0 Å². The molecule has 0 bridgehead atoms. The summed E-state index contributed by atoms with van der Waals surface area (Å²) in [7, 11) is 0. The molecule has 45 heavy (non-hydrogen) atoms. The number of fused-ring (bicyclic) bond motifs is 1. The number of H-pyrrole nitrogens is 1. The molecular formula is C32H34ClFN6O5. The van der Waals surface area contributed by atoms with Gasteiger partial charge in [-0.15, -0.1) is 0 Å². The van der Waals surface area contributed by atoms with Crippen LogP contribution in [0.15, 0.2) is 57.0 Å². The fraction of sp³-hybridized carbons (Fsp3) is 0.375. The van der Waals surface area contributed by atoms with Gasteiger partial charge in [0.2, 0.25) is 5.43 Å². The topological polar surface area (TPSA) is 133 Å². The quantitative estimate of drug-likeness (QED) is 0.219. The number of rotatable bonds is 10. The highest BCUT2D eigenvalue weighted by atomic mass is 35.5. The molecule has 0 unspecified atom stereocenters. The molecule has 0 atom stereocenters. The summed E-state index contributed by atoms with van der Waals surface area (Å²) in [6.45, 7) is 5.53. The first-order chi connectivity index (χ1) is 21.6. The molecule has 1 aliphatic heterocycles. The molecule has 2 fully saturated rings. The van der Waals surface area contributed by atoms with Crippen LogP contribution in [0.5, 0.6) is 0 Å². The first kappa shape index (κ1) is 30.6. The Hall–Kier alpha value is -4.42. The van der Waals surface area contributed by atoms with Crippen LogP contribution in [0.25, 0.3) is 10.9 Å². The van der Waals surface area contributed by atoms with Gasteiger partial charge in [0.15, 0.2) is 0 Å². The van der Waals surface area contributed by atoms with Gasteiger partial charge in [-0.2, -0.15) is 0 Å². The molecule has 6 rings (SSSR count). The number of pyridine rings is 1. The lowest BCUT2D eigenvalue weighted by Crippen LogP contribution is -2.47. The SMILES string of the molecule is Cc1ccc(Nc2cc(=O)n(CCCCN3CCN(c4cc5c(cc4F)c(=O)c(C(=O)O)cn5C4CC4)CC3)c(=O)[nH]2)cc1Cl. The van der Waals surface area contributed by atoms with Crippen LogP contribution in [0.2, 0.25) is 5.02 Å². The Balaban J connectivity index is 1.04. The third-order valence-corrected chi connectivity index (χ3v) is 8.97. The minimum absolute atomic E-state index is 0.0849. The number of nitrogens with one attached hydrogen (secondary N) is 2. The molecule has 0 spiro atoms. The highest BCUT2D eigenvalue weighted by Crippen LogP contribution is 2.38. The second-order valence-corrected chi connectivity index (χ2v) is 12.1. The number of aromatic amines is 1. The number of aromatic nitrogens is 3. The van der Waals surface area contributed by atoms with E-state index in [2.05, 4.69) is 15.2 Å². The summed E-state index contributed by atoms with van der Waals surface area (Å²) in [5, 5.41) is 13.2.